The lowest BCUT2D eigenvalue weighted by atomic mass is 10.1. The van der Waals surface area contributed by atoms with Crippen molar-refractivity contribution >= 4 is 5.91 Å². The maximum absolute atomic E-state index is 12.3. The van der Waals surface area contributed by atoms with Gasteiger partial charge in [-0.2, -0.15) is 0 Å². The van der Waals surface area contributed by atoms with Crippen LogP contribution in [-0.4, -0.2) is 24.7 Å². The zero-order valence-corrected chi connectivity index (χ0v) is 12.4. The van der Waals surface area contributed by atoms with Crippen LogP contribution in [0.3, 0.4) is 0 Å². The molecule has 3 atom stereocenters. The molecule has 1 aliphatic rings. The lowest BCUT2D eigenvalue weighted by Gasteiger charge is -2.14. The van der Waals surface area contributed by atoms with Crippen molar-refractivity contribution in [3.05, 3.63) is 54.0 Å². The summed E-state index contributed by atoms with van der Waals surface area (Å²) in [7, 11) is 1.63. The van der Waals surface area contributed by atoms with E-state index < -0.39 is 6.04 Å². The van der Waals surface area contributed by atoms with Gasteiger partial charge in [0.25, 0.3) is 0 Å². The number of carbonyl (C=O) groups is 1. The predicted molar refractivity (Wildman–Crippen MR) is 80.5 cm³/mol. The third kappa shape index (κ3) is 2.85. The van der Waals surface area contributed by atoms with Crippen molar-refractivity contribution < 1.29 is 19.1 Å². The van der Waals surface area contributed by atoms with Crippen LogP contribution in [-0.2, 0) is 4.79 Å². The average molecular weight is 301 g/mol. The van der Waals surface area contributed by atoms with E-state index in [4.69, 9.17) is 9.15 Å². The number of hydrogen-bond donors (Lipinski definition) is 2. The number of hydrogen-bond acceptors (Lipinski definition) is 4. The number of para-hydroxylation sites is 1. The van der Waals surface area contributed by atoms with Gasteiger partial charge in [0, 0.05) is 5.92 Å². The summed E-state index contributed by atoms with van der Waals surface area (Å²) in [6.07, 6.45) is 2.32. The Morgan fingerprint density at radius 2 is 2.23 bits per heavy atom. The summed E-state index contributed by atoms with van der Waals surface area (Å²) in [4.78, 5) is 12.3. The molecule has 0 aliphatic heterocycles. The van der Waals surface area contributed by atoms with Gasteiger partial charge in [0.05, 0.1) is 20.0 Å². The third-order valence-corrected chi connectivity index (χ3v) is 4.05. The van der Waals surface area contributed by atoms with E-state index in [-0.39, 0.29) is 24.3 Å². The molecule has 5 heteroatoms. The van der Waals surface area contributed by atoms with Gasteiger partial charge < -0.3 is 19.6 Å². The molecule has 1 aromatic heterocycles. The molecule has 1 fully saturated rings. The van der Waals surface area contributed by atoms with E-state index in [1.807, 2.05) is 24.3 Å². The zero-order chi connectivity index (χ0) is 15.5. The fourth-order valence-electron chi connectivity index (χ4n) is 2.78. The quantitative estimate of drug-likeness (QED) is 0.858. The van der Waals surface area contributed by atoms with Gasteiger partial charge >= 0.3 is 0 Å². The highest BCUT2D eigenvalue weighted by atomic mass is 16.5. The number of methoxy groups -OCH3 is 1. The normalized spacial score (nSPS) is 21.2. The smallest absolute Gasteiger partial charge is 0.224 e. The number of amides is 1. The predicted octanol–water partition coefficient (Wildman–Crippen LogP) is 2.24. The number of furan rings is 1. The molecule has 1 aliphatic carbocycles. The molecule has 1 amide bonds. The van der Waals surface area contributed by atoms with Crippen molar-refractivity contribution in [2.45, 2.75) is 18.4 Å². The van der Waals surface area contributed by atoms with Crippen LogP contribution in [0.1, 0.15) is 29.7 Å². The number of nitrogens with one attached hydrogen (secondary N) is 1. The van der Waals surface area contributed by atoms with E-state index in [9.17, 15) is 9.90 Å². The van der Waals surface area contributed by atoms with Crippen LogP contribution >= 0.6 is 0 Å². The van der Waals surface area contributed by atoms with Crippen LogP contribution in [0, 0.1) is 5.92 Å². The molecule has 0 saturated heterocycles. The van der Waals surface area contributed by atoms with Crippen molar-refractivity contribution in [3.63, 3.8) is 0 Å². The molecule has 1 heterocycles. The van der Waals surface area contributed by atoms with E-state index in [2.05, 4.69) is 5.32 Å². The molecular weight excluding hydrogens is 282 g/mol. The number of aliphatic hydroxyl groups is 1. The first-order chi connectivity index (χ1) is 10.7. The minimum atomic E-state index is -0.499. The molecule has 22 heavy (non-hydrogen) atoms. The number of rotatable bonds is 6. The first kappa shape index (κ1) is 14.7. The Morgan fingerprint density at radius 3 is 2.91 bits per heavy atom. The Kier molecular flexibility index (Phi) is 4.15. The molecule has 0 spiro atoms. The highest BCUT2D eigenvalue weighted by Crippen LogP contribution is 2.50. The van der Waals surface area contributed by atoms with Crippen LogP contribution in [0.4, 0.5) is 0 Å². The molecule has 116 valence electrons. The maximum Gasteiger partial charge on any atom is 0.224 e. The van der Waals surface area contributed by atoms with E-state index in [0.717, 1.165) is 17.7 Å². The van der Waals surface area contributed by atoms with Crippen molar-refractivity contribution in [1.29, 1.82) is 0 Å². The van der Waals surface area contributed by atoms with Crippen molar-refractivity contribution in [2.75, 3.05) is 13.7 Å². The summed E-state index contributed by atoms with van der Waals surface area (Å²) in [5.74, 6) is 1.40. The van der Waals surface area contributed by atoms with Gasteiger partial charge in [-0.25, -0.2) is 0 Å². The molecule has 0 radical (unpaired) electrons. The number of ether oxygens (including phenoxy) is 1. The van der Waals surface area contributed by atoms with Gasteiger partial charge in [-0.05, 0) is 36.1 Å². The summed E-state index contributed by atoms with van der Waals surface area (Å²) in [6.45, 7) is -0.189. The summed E-state index contributed by atoms with van der Waals surface area (Å²) in [6, 6.07) is 10.7. The Labute approximate surface area is 128 Å². The number of aliphatic hydroxyl groups excluding tert-OH is 1. The maximum atomic E-state index is 12.3. The first-order valence-electron chi connectivity index (χ1n) is 7.32. The van der Waals surface area contributed by atoms with Crippen LogP contribution in [0.25, 0.3) is 0 Å². The fraction of sp³-hybridized carbons (Fsp3) is 0.353. The molecule has 0 bridgehead atoms. The molecule has 1 aromatic carbocycles. The Balaban J connectivity index is 1.65. The van der Waals surface area contributed by atoms with Gasteiger partial charge in [0.15, 0.2) is 0 Å². The van der Waals surface area contributed by atoms with E-state index in [1.165, 1.54) is 6.26 Å². The van der Waals surface area contributed by atoms with E-state index in [1.54, 1.807) is 19.2 Å². The lowest BCUT2D eigenvalue weighted by molar-refractivity contribution is -0.123. The number of benzene rings is 1. The largest absolute Gasteiger partial charge is 0.496 e. The van der Waals surface area contributed by atoms with Gasteiger partial charge in [-0.1, -0.05) is 18.2 Å². The summed E-state index contributed by atoms with van der Waals surface area (Å²) >= 11 is 0. The van der Waals surface area contributed by atoms with Crippen molar-refractivity contribution in [1.82, 2.24) is 5.32 Å². The van der Waals surface area contributed by atoms with Crippen LogP contribution in [0.15, 0.2) is 47.1 Å². The van der Waals surface area contributed by atoms with Gasteiger partial charge in [0.2, 0.25) is 5.91 Å². The second-order valence-corrected chi connectivity index (χ2v) is 5.45. The van der Waals surface area contributed by atoms with Gasteiger partial charge in [-0.3, -0.25) is 4.79 Å². The van der Waals surface area contributed by atoms with Crippen LogP contribution in [0.2, 0.25) is 0 Å². The standard InChI is InChI=1S/C17H19NO4/c1-21-15-6-3-2-5-11(15)12-9-13(12)17(20)18-14(10-19)16-7-4-8-22-16/h2-8,12-14,19H,9-10H2,1H3,(H,18,20). The van der Waals surface area contributed by atoms with Crippen LogP contribution in [0.5, 0.6) is 5.75 Å². The molecule has 5 nitrogen and oxygen atoms in total. The lowest BCUT2D eigenvalue weighted by Crippen LogP contribution is -2.32. The van der Waals surface area contributed by atoms with E-state index >= 15 is 0 Å². The monoisotopic (exact) mass is 301 g/mol. The second-order valence-electron chi connectivity index (χ2n) is 5.45. The fourth-order valence-corrected chi connectivity index (χ4v) is 2.78. The Morgan fingerprint density at radius 1 is 1.41 bits per heavy atom. The molecular formula is C17H19NO4. The summed E-state index contributed by atoms with van der Waals surface area (Å²) < 4.78 is 10.6. The highest BCUT2D eigenvalue weighted by Gasteiger charge is 2.45. The van der Waals surface area contributed by atoms with Gasteiger partial charge in [0.1, 0.15) is 17.6 Å². The Bertz CT molecular complexity index is 638. The van der Waals surface area contributed by atoms with Crippen molar-refractivity contribution in [3.8, 4) is 5.75 Å². The molecule has 3 unspecified atom stereocenters. The second kappa shape index (κ2) is 6.23. The Hall–Kier alpha value is -2.27. The molecule has 2 aromatic rings. The molecule has 2 N–H and O–H groups in total. The van der Waals surface area contributed by atoms with Crippen molar-refractivity contribution in [2.24, 2.45) is 5.92 Å². The van der Waals surface area contributed by atoms with Crippen LogP contribution < -0.4 is 10.1 Å². The topological polar surface area (TPSA) is 71.7 Å². The number of carbonyl (C=O) groups excluding carboxylic acids is 1. The summed E-state index contributed by atoms with van der Waals surface area (Å²) in [5.41, 5.74) is 1.06. The minimum Gasteiger partial charge on any atom is -0.496 e. The highest BCUT2D eigenvalue weighted by molar-refractivity contribution is 5.83. The minimum absolute atomic E-state index is 0.0636. The SMILES string of the molecule is COc1ccccc1C1CC1C(=O)NC(CO)c1ccco1. The first-order valence-corrected chi connectivity index (χ1v) is 7.32. The molecule has 3 rings (SSSR count). The zero-order valence-electron chi connectivity index (χ0n) is 12.4. The summed E-state index contributed by atoms with van der Waals surface area (Å²) in [5, 5.41) is 12.3. The van der Waals surface area contributed by atoms with E-state index in [0.29, 0.717) is 5.76 Å². The average Bonchev–Trinajstić information content (AvgIpc) is 3.17. The third-order valence-electron chi connectivity index (χ3n) is 4.05. The molecule has 1 saturated carbocycles. The van der Waals surface area contributed by atoms with Gasteiger partial charge in [-0.15, -0.1) is 0 Å².